The van der Waals surface area contributed by atoms with E-state index in [1.165, 1.54) is 12.1 Å². The molecule has 0 heterocycles. The van der Waals surface area contributed by atoms with Gasteiger partial charge in [-0.15, -0.1) is 0 Å². The Morgan fingerprint density at radius 2 is 1.88 bits per heavy atom. The number of benzene rings is 2. The zero-order chi connectivity index (χ0) is 17.7. The van der Waals surface area contributed by atoms with Gasteiger partial charge in [-0.25, -0.2) is 4.79 Å². The van der Waals surface area contributed by atoms with Gasteiger partial charge < -0.3 is 15.8 Å². The molecule has 0 bridgehead atoms. The molecular weight excluding hydrogens is 338 g/mol. The highest BCUT2D eigenvalue weighted by atomic mass is 35.5. The molecule has 124 valence electrons. The number of nitro benzene ring substituents is 1. The summed E-state index contributed by atoms with van der Waals surface area (Å²) in [4.78, 5) is 33.7. The number of nitrogens with one attached hydrogen (secondary N) is 1. The minimum Gasteiger partial charge on any atom is -0.452 e. The lowest BCUT2D eigenvalue weighted by Crippen LogP contribution is -2.21. The topological polar surface area (TPSA) is 125 Å². The summed E-state index contributed by atoms with van der Waals surface area (Å²) in [5.41, 5.74) is 5.62. The van der Waals surface area contributed by atoms with Gasteiger partial charge in [0.2, 0.25) is 0 Å². The number of hydrogen-bond acceptors (Lipinski definition) is 6. The predicted molar refractivity (Wildman–Crippen MR) is 87.9 cm³/mol. The monoisotopic (exact) mass is 349 g/mol. The van der Waals surface area contributed by atoms with E-state index in [0.29, 0.717) is 10.7 Å². The van der Waals surface area contributed by atoms with Gasteiger partial charge in [-0.1, -0.05) is 11.6 Å². The fourth-order valence-electron chi connectivity index (χ4n) is 1.77. The lowest BCUT2D eigenvalue weighted by atomic mass is 10.1. The summed E-state index contributed by atoms with van der Waals surface area (Å²) >= 11 is 5.73. The second-order valence-corrected chi connectivity index (χ2v) is 5.10. The molecule has 0 aliphatic carbocycles. The minimum atomic E-state index is -0.928. The van der Waals surface area contributed by atoms with Crippen molar-refractivity contribution < 1.29 is 19.2 Å². The van der Waals surface area contributed by atoms with Crippen molar-refractivity contribution in [2.45, 2.75) is 0 Å². The van der Waals surface area contributed by atoms with Gasteiger partial charge in [-0.05, 0) is 30.3 Å². The van der Waals surface area contributed by atoms with Gasteiger partial charge in [0.1, 0.15) is 0 Å². The highest BCUT2D eigenvalue weighted by Gasteiger charge is 2.17. The number of amides is 1. The van der Waals surface area contributed by atoms with E-state index in [1.54, 1.807) is 24.3 Å². The maximum Gasteiger partial charge on any atom is 0.341 e. The van der Waals surface area contributed by atoms with Crippen LogP contribution in [-0.4, -0.2) is 23.4 Å². The summed E-state index contributed by atoms with van der Waals surface area (Å²) in [6.07, 6.45) is 0. The van der Waals surface area contributed by atoms with Crippen molar-refractivity contribution in [3.05, 3.63) is 63.2 Å². The standard InChI is InChI=1S/C15H12ClN3O5/c16-9-1-3-10(4-2-9)18-14(20)8-24-15(21)12-7-11(19(22)23)5-6-13(12)17/h1-7H,8,17H2,(H,18,20). The van der Waals surface area contributed by atoms with E-state index in [9.17, 15) is 19.7 Å². The predicted octanol–water partition coefficient (Wildman–Crippen LogP) is 2.63. The number of nitro groups is 1. The number of non-ortho nitro benzene ring substituents is 1. The quantitative estimate of drug-likeness (QED) is 0.370. The summed E-state index contributed by atoms with van der Waals surface area (Å²) in [6.45, 7) is -0.566. The lowest BCUT2D eigenvalue weighted by molar-refractivity contribution is -0.384. The SMILES string of the molecule is Nc1ccc([N+](=O)[O-])cc1C(=O)OCC(=O)Nc1ccc(Cl)cc1. The van der Waals surface area contributed by atoms with Crippen LogP contribution in [0.2, 0.25) is 5.02 Å². The molecule has 0 aromatic heterocycles. The maximum atomic E-state index is 11.9. The molecule has 0 unspecified atom stereocenters. The third-order valence-electron chi connectivity index (χ3n) is 2.93. The molecule has 24 heavy (non-hydrogen) atoms. The molecule has 0 aliphatic heterocycles. The molecule has 0 saturated heterocycles. The fraction of sp³-hybridized carbons (Fsp3) is 0.0667. The number of hydrogen-bond donors (Lipinski definition) is 2. The first-order chi connectivity index (χ1) is 11.4. The average Bonchev–Trinajstić information content (AvgIpc) is 2.55. The number of carbonyl (C=O) groups is 2. The van der Waals surface area contributed by atoms with Crippen LogP contribution in [0.15, 0.2) is 42.5 Å². The Morgan fingerprint density at radius 3 is 2.50 bits per heavy atom. The van der Waals surface area contributed by atoms with E-state index in [1.807, 2.05) is 0 Å². The van der Waals surface area contributed by atoms with E-state index in [4.69, 9.17) is 22.1 Å². The summed E-state index contributed by atoms with van der Waals surface area (Å²) < 4.78 is 4.82. The number of carbonyl (C=O) groups excluding carboxylic acids is 2. The zero-order valence-corrected chi connectivity index (χ0v) is 12.9. The average molecular weight is 350 g/mol. The number of ether oxygens (including phenoxy) is 1. The van der Waals surface area contributed by atoms with Gasteiger partial charge in [-0.2, -0.15) is 0 Å². The molecule has 2 aromatic rings. The number of nitrogens with zero attached hydrogens (tertiary/aromatic N) is 1. The molecule has 0 aliphatic rings. The number of nitrogens with two attached hydrogens (primary N) is 1. The Labute approximate surface area is 141 Å². The lowest BCUT2D eigenvalue weighted by Gasteiger charge is -2.08. The van der Waals surface area contributed by atoms with Crippen LogP contribution in [0.1, 0.15) is 10.4 Å². The number of anilines is 2. The smallest absolute Gasteiger partial charge is 0.341 e. The summed E-state index contributed by atoms with van der Waals surface area (Å²) in [6, 6.07) is 9.73. The second kappa shape index (κ2) is 7.42. The molecule has 0 radical (unpaired) electrons. The fourth-order valence-corrected chi connectivity index (χ4v) is 1.90. The molecule has 8 nitrogen and oxygen atoms in total. The maximum absolute atomic E-state index is 11.9. The first kappa shape index (κ1) is 17.2. The van der Waals surface area contributed by atoms with Crippen LogP contribution in [0, 0.1) is 10.1 Å². The third kappa shape index (κ3) is 4.43. The van der Waals surface area contributed by atoms with Gasteiger partial charge in [0.15, 0.2) is 6.61 Å². The number of esters is 1. The van der Waals surface area contributed by atoms with Crippen molar-refractivity contribution >= 4 is 40.5 Å². The van der Waals surface area contributed by atoms with Gasteiger partial charge in [-0.3, -0.25) is 14.9 Å². The molecule has 0 saturated carbocycles. The first-order valence-corrected chi connectivity index (χ1v) is 7.01. The Hall–Kier alpha value is -3.13. The molecule has 2 rings (SSSR count). The Kier molecular flexibility index (Phi) is 5.33. The highest BCUT2D eigenvalue weighted by molar-refractivity contribution is 6.30. The molecule has 9 heteroatoms. The summed E-state index contributed by atoms with van der Waals surface area (Å²) in [5.74, 6) is -1.50. The van der Waals surface area contributed by atoms with Crippen molar-refractivity contribution in [3.8, 4) is 0 Å². The van der Waals surface area contributed by atoms with Gasteiger partial charge in [0, 0.05) is 28.5 Å². The summed E-state index contributed by atoms with van der Waals surface area (Å²) in [7, 11) is 0. The molecular formula is C15H12ClN3O5. The number of halogens is 1. The van der Waals surface area contributed by atoms with Crippen molar-refractivity contribution in [1.29, 1.82) is 0 Å². The Bertz CT molecular complexity index is 792. The molecule has 2 aromatic carbocycles. The van der Waals surface area contributed by atoms with Crippen molar-refractivity contribution in [3.63, 3.8) is 0 Å². The van der Waals surface area contributed by atoms with Gasteiger partial charge in [0.25, 0.3) is 11.6 Å². The van der Waals surface area contributed by atoms with Crippen LogP contribution in [0.3, 0.4) is 0 Å². The summed E-state index contributed by atoms with van der Waals surface area (Å²) in [5, 5.41) is 13.7. The normalized spacial score (nSPS) is 10.0. The van der Waals surface area contributed by atoms with Crippen LogP contribution in [0.25, 0.3) is 0 Å². The third-order valence-corrected chi connectivity index (χ3v) is 3.18. The van der Waals surface area contributed by atoms with Crippen LogP contribution < -0.4 is 11.1 Å². The van der Waals surface area contributed by atoms with E-state index in [2.05, 4.69) is 5.32 Å². The van der Waals surface area contributed by atoms with Crippen molar-refractivity contribution in [1.82, 2.24) is 0 Å². The zero-order valence-electron chi connectivity index (χ0n) is 12.2. The molecule has 0 atom stereocenters. The molecule has 3 N–H and O–H groups in total. The molecule has 1 amide bonds. The van der Waals surface area contributed by atoms with Gasteiger partial charge >= 0.3 is 5.97 Å². The molecule has 0 spiro atoms. The van der Waals surface area contributed by atoms with Crippen LogP contribution in [0.4, 0.5) is 17.1 Å². The van der Waals surface area contributed by atoms with E-state index < -0.39 is 23.4 Å². The number of nitrogen functional groups attached to an aromatic ring is 1. The highest BCUT2D eigenvalue weighted by Crippen LogP contribution is 2.20. The van der Waals surface area contributed by atoms with Crippen molar-refractivity contribution in [2.75, 3.05) is 17.7 Å². The Balaban J connectivity index is 1.97. The van der Waals surface area contributed by atoms with Crippen LogP contribution in [0.5, 0.6) is 0 Å². The Morgan fingerprint density at radius 1 is 1.21 bits per heavy atom. The van der Waals surface area contributed by atoms with Gasteiger partial charge in [0.05, 0.1) is 10.5 Å². The first-order valence-electron chi connectivity index (χ1n) is 6.63. The molecule has 0 fully saturated rings. The van der Waals surface area contributed by atoms with E-state index in [-0.39, 0.29) is 16.9 Å². The van der Waals surface area contributed by atoms with Crippen LogP contribution in [-0.2, 0) is 9.53 Å². The second-order valence-electron chi connectivity index (χ2n) is 4.66. The minimum absolute atomic E-state index is 0.0173. The van der Waals surface area contributed by atoms with Crippen LogP contribution >= 0.6 is 11.6 Å². The van der Waals surface area contributed by atoms with Crippen molar-refractivity contribution in [2.24, 2.45) is 0 Å². The largest absolute Gasteiger partial charge is 0.452 e. The van der Waals surface area contributed by atoms with E-state index in [0.717, 1.165) is 6.07 Å². The van der Waals surface area contributed by atoms with E-state index >= 15 is 0 Å². The number of rotatable bonds is 5.